The average Bonchev–Trinajstić information content (AvgIpc) is 2.57. The number of aliphatic hydroxyl groups is 1. The summed E-state index contributed by atoms with van der Waals surface area (Å²) in [4.78, 5) is 0.0971. The number of benzene rings is 2. The average molecular weight is 389 g/mol. The van der Waals surface area contributed by atoms with Gasteiger partial charge in [0.15, 0.2) is 0 Å². The first kappa shape index (κ1) is 19.7. The van der Waals surface area contributed by atoms with Crippen molar-refractivity contribution in [2.75, 3.05) is 6.61 Å². The molecule has 0 heterocycles. The fraction of sp³-hybridized carbons (Fsp3) is 0.222. The SMILES string of the molecule is C=CCOc1cc(CO)cc(CSc2ccc(Cl)cc2C(F)(F)F)c1. The van der Waals surface area contributed by atoms with E-state index in [2.05, 4.69) is 6.58 Å². The summed E-state index contributed by atoms with van der Waals surface area (Å²) in [6, 6.07) is 8.87. The first-order chi connectivity index (χ1) is 11.8. The molecule has 0 saturated carbocycles. The summed E-state index contributed by atoms with van der Waals surface area (Å²) in [5.41, 5.74) is 0.620. The van der Waals surface area contributed by atoms with Crippen molar-refractivity contribution in [1.29, 1.82) is 0 Å². The number of hydrogen-bond donors (Lipinski definition) is 1. The van der Waals surface area contributed by atoms with E-state index in [0.29, 0.717) is 23.7 Å². The maximum absolute atomic E-state index is 13.1. The molecule has 0 unspecified atom stereocenters. The van der Waals surface area contributed by atoms with E-state index in [-0.39, 0.29) is 16.5 Å². The van der Waals surface area contributed by atoms with E-state index < -0.39 is 11.7 Å². The second-order valence-electron chi connectivity index (χ2n) is 5.17. The quantitative estimate of drug-likeness (QED) is 0.486. The molecule has 0 radical (unpaired) electrons. The van der Waals surface area contributed by atoms with Gasteiger partial charge in [0.05, 0.1) is 12.2 Å². The molecule has 0 atom stereocenters. The maximum atomic E-state index is 13.1. The highest BCUT2D eigenvalue weighted by Crippen LogP contribution is 2.39. The third-order valence-corrected chi connectivity index (χ3v) is 4.60. The van der Waals surface area contributed by atoms with E-state index in [9.17, 15) is 18.3 Å². The van der Waals surface area contributed by atoms with Crippen molar-refractivity contribution < 1.29 is 23.0 Å². The maximum Gasteiger partial charge on any atom is 0.417 e. The van der Waals surface area contributed by atoms with Gasteiger partial charge in [0.1, 0.15) is 12.4 Å². The van der Waals surface area contributed by atoms with E-state index >= 15 is 0 Å². The van der Waals surface area contributed by atoms with Crippen molar-refractivity contribution >= 4 is 23.4 Å². The third kappa shape index (κ3) is 5.70. The molecule has 0 aliphatic heterocycles. The molecule has 25 heavy (non-hydrogen) atoms. The van der Waals surface area contributed by atoms with Crippen LogP contribution in [0.25, 0.3) is 0 Å². The summed E-state index contributed by atoms with van der Waals surface area (Å²) < 4.78 is 44.9. The van der Waals surface area contributed by atoms with Gasteiger partial charge in [-0.3, -0.25) is 0 Å². The Bertz CT molecular complexity index is 748. The molecule has 0 amide bonds. The molecule has 2 aromatic rings. The highest BCUT2D eigenvalue weighted by molar-refractivity contribution is 7.98. The molecule has 0 aromatic heterocycles. The summed E-state index contributed by atoms with van der Waals surface area (Å²) in [5.74, 6) is 0.831. The van der Waals surface area contributed by atoms with Gasteiger partial charge in [-0.2, -0.15) is 13.2 Å². The summed E-state index contributed by atoms with van der Waals surface area (Å²) in [5, 5.41) is 9.37. The van der Waals surface area contributed by atoms with Crippen LogP contribution in [-0.2, 0) is 18.5 Å². The highest BCUT2D eigenvalue weighted by atomic mass is 35.5. The van der Waals surface area contributed by atoms with Crippen LogP contribution in [0.1, 0.15) is 16.7 Å². The molecule has 1 N–H and O–H groups in total. The lowest BCUT2D eigenvalue weighted by molar-refractivity contribution is -0.139. The van der Waals surface area contributed by atoms with E-state index in [4.69, 9.17) is 16.3 Å². The number of thioether (sulfide) groups is 1. The predicted octanol–water partition coefficient (Wildman–Crippen LogP) is 5.71. The summed E-state index contributed by atoms with van der Waals surface area (Å²) in [6.45, 7) is 3.68. The Balaban J connectivity index is 2.22. The molecule has 2 rings (SSSR count). The minimum atomic E-state index is -4.47. The van der Waals surface area contributed by atoms with Gasteiger partial charge in [-0.25, -0.2) is 0 Å². The van der Waals surface area contributed by atoms with Crippen LogP contribution < -0.4 is 4.74 Å². The Labute approximate surface area is 153 Å². The van der Waals surface area contributed by atoms with Crippen molar-refractivity contribution in [2.45, 2.75) is 23.4 Å². The smallest absolute Gasteiger partial charge is 0.417 e. The Morgan fingerprint density at radius 2 is 1.88 bits per heavy atom. The van der Waals surface area contributed by atoms with Gasteiger partial charge in [0.2, 0.25) is 0 Å². The zero-order valence-corrected chi connectivity index (χ0v) is 14.7. The van der Waals surface area contributed by atoms with Crippen molar-refractivity contribution in [3.8, 4) is 5.75 Å². The van der Waals surface area contributed by atoms with Crippen molar-refractivity contribution in [3.05, 3.63) is 70.8 Å². The molecule has 0 fully saturated rings. The van der Waals surface area contributed by atoms with Crippen LogP contribution in [0.3, 0.4) is 0 Å². The molecule has 2 nitrogen and oxygen atoms in total. The van der Waals surface area contributed by atoms with Crippen LogP contribution in [0.5, 0.6) is 5.75 Å². The number of ether oxygens (including phenoxy) is 1. The fourth-order valence-corrected chi connectivity index (χ4v) is 3.31. The minimum absolute atomic E-state index is 0.0408. The lowest BCUT2D eigenvalue weighted by Crippen LogP contribution is -2.06. The van der Waals surface area contributed by atoms with Gasteiger partial charge < -0.3 is 9.84 Å². The van der Waals surface area contributed by atoms with Gasteiger partial charge in [0, 0.05) is 15.7 Å². The zero-order valence-electron chi connectivity index (χ0n) is 13.1. The molecule has 0 aliphatic rings. The normalized spacial score (nSPS) is 11.4. The molecule has 7 heteroatoms. The lowest BCUT2D eigenvalue weighted by Gasteiger charge is -2.14. The van der Waals surface area contributed by atoms with Crippen LogP contribution in [0.2, 0.25) is 5.02 Å². The number of aliphatic hydroxyl groups excluding tert-OH is 1. The Morgan fingerprint density at radius 1 is 1.16 bits per heavy atom. The molecule has 134 valence electrons. The van der Waals surface area contributed by atoms with Gasteiger partial charge in [0.25, 0.3) is 0 Å². The first-order valence-electron chi connectivity index (χ1n) is 7.30. The largest absolute Gasteiger partial charge is 0.490 e. The molecular formula is C18H16ClF3O2S. The van der Waals surface area contributed by atoms with E-state index in [1.807, 2.05) is 0 Å². The van der Waals surface area contributed by atoms with Gasteiger partial charge >= 0.3 is 6.18 Å². The Hall–Kier alpha value is -1.63. The van der Waals surface area contributed by atoms with Gasteiger partial charge in [-0.1, -0.05) is 30.3 Å². The van der Waals surface area contributed by atoms with Crippen molar-refractivity contribution in [2.24, 2.45) is 0 Å². The van der Waals surface area contributed by atoms with Gasteiger partial charge in [-0.15, -0.1) is 11.8 Å². The third-order valence-electron chi connectivity index (χ3n) is 3.22. The van der Waals surface area contributed by atoms with Crippen molar-refractivity contribution in [1.82, 2.24) is 0 Å². The zero-order chi connectivity index (χ0) is 18.4. The second kappa shape index (κ2) is 8.65. The Morgan fingerprint density at radius 3 is 2.52 bits per heavy atom. The van der Waals surface area contributed by atoms with Crippen LogP contribution in [0.4, 0.5) is 13.2 Å². The highest BCUT2D eigenvalue weighted by Gasteiger charge is 2.33. The number of rotatable bonds is 7. The minimum Gasteiger partial charge on any atom is -0.490 e. The number of hydrogen-bond acceptors (Lipinski definition) is 3. The lowest BCUT2D eigenvalue weighted by atomic mass is 10.1. The monoisotopic (exact) mass is 388 g/mol. The van der Waals surface area contributed by atoms with E-state index in [1.54, 1.807) is 24.3 Å². The molecule has 0 aliphatic carbocycles. The molecule has 2 aromatic carbocycles. The van der Waals surface area contributed by atoms with Gasteiger partial charge in [-0.05, 0) is 41.5 Å². The van der Waals surface area contributed by atoms with E-state index in [1.165, 1.54) is 12.1 Å². The number of halogens is 4. The molecule has 0 spiro atoms. The van der Waals surface area contributed by atoms with Crippen LogP contribution in [0.15, 0.2) is 53.9 Å². The van der Waals surface area contributed by atoms with Crippen LogP contribution in [-0.4, -0.2) is 11.7 Å². The first-order valence-corrected chi connectivity index (χ1v) is 8.67. The Kier molecular flexibility index (Phi) is 6.81. The van der Waals surface area contributed by atoms with Crippen molar-refractivity contribution in [3.63, 3.8) is 0 Å². The van der Waals surface area contributed by atoms with Crippen LogP contribution >= 0.6 is 23.4 Å². The van der Waals surface area contributed by atoms with Crippen LogP contribution in [0, 0.1) is 0 Å². The van der Waals surface area contributed by atoms with E-state index in [0.717, 1.165) is 23.4 Å². The molecule has 0 saturated heterocycles. The second-order valence-corrected chi connectivity index (χ2v) is 6.62. The predicted molar refractivity (Wildman–Crippen MR) is 94.1 cm³/mol. The summed E-state index contributed by atoms with van der Waals surface area (Å²) >= 11 is 6.74. The molecular weight excluding hydrogens is 373 g/mol. The molecule has 0 bridgehead atoms. The summed E-state index contributed by atoms with van der Waals surface area (Å²) in [7, 11) is 0. The fourth-order valence-electron chi connectivity index (χ4n) is 2.15. The summed E-state index contributed by atoms with van der Waals surface area (Å²) in [6.07, 6.45) is -2.89. The topological polar surface area (TPSA) is 29.5 Å². The number of alkyl halides is 3. The standard InChI is InChI=1S/C18H16ClF3O2S/c1-2-5-24-15-7-12(10-23)6-13(8-15)11-25-17-4-3-14(19)9-16(17)18(20,21)22/h2-4,6-9,23H,1,5,10-11H2.